The van der Waals surface area contributed by atoms with E-state index in [1.807, 2.05) is 37.3 Å². The van der Waals surface area contributed by atoms with Crippen LogP contribution in [0.15, 0.2) is 42.5 Å². The Bertz CT molecular complexity index is 860. The van der Waals surface area contributed by atoms with Crippen molar-refractivity contribution in [3.8, 4) is 11.5 Å². The first-order valence-corrected chi connectivity index (χ1v) is 10.8. The van der Waals surface area contributed by atoms with Crippen molar-refractivity contribution in [1.82, 2.24) is 9.80 Å². The third-order valence-corrected chi connectivity index (χ3v) is 5.99. The van der Waals surface area contributed by atoms with E-state index in [-0.39, 0.29) is 11.8 Å². The topological polar surface area (TPSA) is 54.0 Å². The first kappa shape index (κ1) is 20.7. The van der Waals surface area contributed by atoms with Crippen LogP contribution in [0.5, 0.6) is 11.5 Å². The SMILES string of the molecule is CC(C(=O)Nc1ccc(CCN2CCN(C)CC2)cc1)c1ccc2c(c1)OCCO2. The van der Waals surface area contributed by atoms with Crippen molar-refractivity contribution in [1.29, 1.82) is 0 Å². The van der Waals surface area contributed by atoms with Gasteiger partial charge in [-0.25, -0.2) is 0 Å². The van der Waals surface area contributed by atoms with Crippen molar-refractivity contribution in [3.05, 3.63) is 53.6 Å². The third kappa shape index (κ3) is 5.12. The molecule has 0 aliphatic carbocycles. The van der Waals surface area contributed by atoms with Gasteiger partial charge in [-0.3, -0.25) is 4.79 Å². The van der Waals surface area contributed by atoms with Crippen LogP contribution in [-0.2, 0) is 11.2 Å². The van der Waals surface area contributed by atoms with E-state index in [0.29, 0.717) is 19.0 Å². The summed E-state index contributed by atoms with van der Waals surface area (Å²) in [5, 5.41) is 3.03. The zero-order valence-electron chi connectivity index (χ0n) is 17.9. The van der Waals surface area contributed by atoms with Crippen molar-refractivity contribution in [3.63, 3.8) is 0 Å². The van der Waals surface area contributed by atoms with Gasteiger partial charge in [-0.05, 0) is 55.8 Å². The largest absolute Gasteiger partial charge is 0.486 e. The Morgan fingerprint density at radius 1 is 1.00 bits per heavy atom. The lowest BCUT2D eigenvalue weighted by Crippen LogP contribution is -2.45. The number of benzene rings is 2. The summed E-state index contributed by atoms with van der Waals surface area (Å²) in [7, 11) is 2.18. The van der Waals surface area contributed by atoms with Gasteiger partial charge in [0.1, 0.15) is 13.2 Å². The predicted molar refractivity (Wildman–Crippen MR) is 119 cm³/mol. The minimum absolute atomic E-state index is 0.0307. The number of nitrogens with zero attached hydrogens (tertiary/aromatic N) is 2. The number of fused-ring (bicyclic) bond motifs is 1. The van der Waals surface area contributed by atoms with Gasteiger partial charge in [0.25, 0.3) is 0 Å². The average Bonchev–Trinajstić information content (AvgIpc) is 2.79. The molecule has 4 rings (SSSR count). The highest BCUT2D eigenvalue weighted by Gasteiger charge is 2.19. The molecule has 1 amide bonds. The molecule has 2 aromatic carbocycles. The van der Waals surface area contributed by atoms with Crippen molar-refractivity contribution in [2.45, 2.75) is 19.3 Å². The van der Waals surface area contributed by atoms with Gasteiger partial charge in [0, 0.05) is 38.4 Å². The Morgan fingerprint density at radius 3 is 2.43 bits per heavy atom. The van der Waals surface area contributed by atoms with Crippen molar-refractivity contribution in [2.24, 2.45) is 0 Å². The van der Waals surface area contributed by atoms with E-state index in [1.165, 1.54) is 5.56 Å². The molecule has 0 saturated carbocycles. The van der Waals surface area contributed by atoms with Crippen molar-refractivity contribution in [2.75, 3.05) is 58.3 Å². The minimum atomic E-state index is -0.280. The van der Waals surface area contributed by atoms with Crippen LogP contribution >= 0.6 is 0 Å². The third-order valence-electron chi connectivity index (χ3n) is 5.99. The molecule has 0 spiro atoms. The van der Waals surface area contributed by atoms with Crippen LogP contribution in [-0.4, -0.2) is 68.7 Å². The number of anilines is 1. The molecular formula is C24H31N3O3. The number of piperazine rings is 1. The number of carbonyl (C=O) groups excluding carboxylic acids is 1. The second kappa shape index (κ2) is 9.49. The Morgan fingerprint density at radius 2 is 1.70 bits per heavy atom. The quantitative estimate of drug-likeness (QED) is 0.795. The molecule has 30 heavy (non-hydrogen) atoms. The number of rotatable bonds is 6. The second-order valence-corrected chi connectivity index (χ2v) is 8.21. The molecule has 160 valence electrons. The number of ether oxygens (including phenoxy) is 2. The highest BCUT2D eigenvalue weighted by molar-refractivity contribution is 5.95. The van der Waals surface area contributed by atoms with E-state index in [4.69, 9.17) is 9.47 Å². The fourth-order valence-electron chi connectivity index (χ4n) is 3.84. The number of likely N-dealkylation sites (N-methyl/N-ethyl adjacent to an activating group) is 1. The summed E-state index contributed by atoms with van der Waals surface area (Å²) < 4.78 is 11.2. The smallest absolute Gasteiger partial charge is 0.231 e. The molecule has 2 heterocycles. The molecule has 1 unspecified atom stereocenters. The van der Waals surface area contributed by atoms with E-state index in [0.717, 1.165) is 56.1 Å². The number of hydrogen-bond acceptors (Lipinski definition) is 5. The van der Waals surface area contributed by atoms with Gasteiger partial charge in [-0.2, -0.15) is 0 Å². The monoisotopic (exact) mass is 409 g/mol. The lowest BCUT2D eigenvalue weighted by molar-refractivity contribution is -0.117. The zero-order chi connectivity index (χ0) is 20.9. The zero-order valence-corrected chi connectivity index (χ0v) is 17.9. The molecule has 0 bridgehead atoms. The Balaban J connectivity index is 1.30. The molecule has 2 aliphatic rings. The van der Waals surface area contributed by atoms with Crippen molar-refractivity contribution >= 4 is 11.6 Å². The minimum Gasteiger partial charge on any atom is -0.486 e. The van der Waals surface area contributed by atoms with Gasteiger partial charge in [0.2, 0.25) is 5.91 Å². The first-order chi connectivity index (χ1) is 14.6. The van der Waals surface area contributed by atoms with Crippen LogP contribution in [0.2, 0.25) is 0 Å². The van der Waals surface area contributed by atoms with E-state index in [1.54, 1.807) is 0 Å². The normalized spacial score (nSPS) is 18.1. The summed E-state index contributed by atoms with van der Waals surface area (Å²) in [6, 6.07) is 13.9. The molecule has 1 fully saturated rings. The van der Waals surface area contributed by atoms with Crippen LogP contribution in [0, 0.1) is 0 Å². The Hall–Kier alpha value is -2.57. The average molecular weight is 410 g/mol. The molecule has 6 nitrogen and oxygen atoms in total. The van der Waals surface area contributed by atoms with Crippen LogP contribution in [0.4, 0.5) is 5.69 Å². The van der Waals surface area contributed by atoms with Gasteiger partial charge in [-0.15, -0.1) is 0 Å². The molecule has 6 heteroatoms. The van der Waals surface area contributed by atoms with Crippen LogP contribution < -0.4 is 14.8 Å². The fraction of sp³-hybridized carbons (Fsp3) is 0.458. The fourth-order valence-corrected chi connectivity index (χ4v) is 3.84. The van der Waals surface area contributed by atoms with Crippen LogP contribution in [0.1, 0.15) is 24.0 Å². The van der Waals surface area contributed by atoms with E-state index in [9.17, 15) is 4.79 Å². The number of nitrogens with one attached hydrogen (secondary N) is 1. The Labute approximate surface area is 178 Å². The maximum absolute atomic E-state index is 12.7. The molecule has 1 atom stereocenters. The molecule has 0 aromatic heterocycles. The standard InChI is InChI=1S/C24H31N3O3/c1-18(20-5-8-22-23(17-20)30-16-15-29-22)24(28)25-21-6-3-19(4-7-21)9-10-27-13-11-26(2)12-14-27/h3-8,17-18H,9-16H2,1-2H3,(H,25,28). The predicted octanol–water partition coefficient (Wildman–Crippen LogP) is 2.99. The molecule has 2 aliphatic heterocycles. The van der Waals surface area contributed by atoms with Crippen molar-refractivity contribution < 1.29 is 14.3 Å². The van der Waals surface area contributed by atoms with Crippen LogP contribution in [0.25, 0.3) is 0 Å². The molecular weight excluding hydrogens is 378 g/mol. The van der Waals surface area contributed by atoms with E-state index < -0.39 is 0 Å². The molecule has 2 aromatic rings. The van der Waals surface area contributed by atoms with Gasteiger partial charge in [-0.1, -0.05) is 18.2 Å². The van der Waals surface area contributed by atoms with Gasteiger partial charge < -0.3 is 24.6 Å². The summed E-state index contributed by atoms with van der Waals surface area (Å²) in [5.74, 6) is 1.14. The lowest BCUT2D eigenvalue weighted by atomic mass is 9.99. The maximum atomic E-state index is 12.7. The number of carbonyl (C=O) groups is 1. The highest BCUT2D eigenvalue weighted by Crippen LogP contribution is 2.33. The summed E-state index contributed by atoms with van der Waals surface area (Å²) in [6.07, 6.45) is 1.03. The van der Waals surface area contributed by atoms with Crippen LogP contribution in [0.3, 0.4) is 0 Å². The summed E-state index contributed by atoms with van der Waals surface area (Å²) in [5.41, 5.74) is 3.04. The van der Waals surface area contributed by atoms with E-state index in [2.05, 4.69) is 34.3 Å². The lowest BCUT2D eigenvalue weighted by Gasteiger charge is -2.32. The summed E-state index contributed by atoms with van der Waals surface area (Å²) in [4.78, 5) is 17.6. The van der Waals surface area contributed by atoms with Gasteiger partial charge >= 0.3 is 0 Å². The molecule has 1 saturated heterocycles. The number of hydrogen-bond donors (Lipinski definition) is 1. The summed E-state index contributed by atoms with van der Waals surface area (Å²) >= 11 is 0. The first-order valence-electron chi connectivity index (χ1n) is 10.8. The van der Waals surface area contributed by atoms with E-state index >= 15 is 0 Å². The second-order valence-electron chi connectivity index (χ2n) is 8.21. The molecule has 1 N–H and O–H groups in total. The van der Waals surface area contributed by atoms with Gasteiger partial charge in [0.05, 0.1) is 5.92 Å². The number of amides is 1. The maximum Gasteiger partial charge on any atom is 0.231 e. The Kier molecular flexibility index (Phi) is 6.55. The molecule has 0 radical (unpaired) electrons. The van der Waals surface area contributed by atoms with Gasteiger partial charge in [0.15, 0.2) is 11.5 Å². The highest BCUT2D eigenvalue weighted by atomic mass is 16.6. The summed E-state index contributed by atoms with van der Waals surface area (Å²) in [6.45, 7) is 8.67.